The van der Waals surface area contributed by atoms with Crippen molar-refractivity contribution in [1.29, 1.82) is 0 Å². The second-order valence-corrected chi connectivity index (χ2v) is 5.86. The summed E-state index contributed by atoms with van der Waals surface area (Å²) < 4.78 is 0. The van der Waals surface area contributed by atoms with Crippen molar-refractivity contribution >= 4 is 10.8 Å². The number of benzene rings is 3. The fourth-order valence-electron chi connectivity index (χ4n) is 2.94. The molecule has 1 nitrogen and oxygen atoms in total. The zero-order valence-electron chi connectivity index (χ0n) is 13.0. The normalized spacial score (nSPS) is 10.8. The molecule has 0 bridgehead atoms. The maximum Gasteiger partial charge on any atom is 0.0702 e. The number of aromatic nitrogens is 1. The van der Waals surface area contributed by atoms with E-state index in [0.29, 0.717) is 0 Å². The van der Waals surface area contributed by atoms with Gasteiger partial charge >= 0.3 is 0 Å². The third-order valence-corrected chi connectivity index (χ3v) is 4.15. The van der Waals surface area contributed by atoms with Crippen molar-refractivity contribution in [3.8, 4) is 22.4 Å². The summed E-state index contributed by atoms with van der Waals surface area (Å²) in [4.78, 5) is 4.44. The lowest BCUT2D eigenvalue weighted by Crippen LogP contribution is -1.84. The molecule has 0 unspecified atom stereocenters. The SMILES string of the molecule is Cc1ccc2cc(-c3cccc(-c4ccccn4)c3)ccc2c1. The quantitative estimate of drug-likeness (QED) is 0.450. The number of hydrogen-bond acceptors (Lipinski definition) is 1. The Morgan fingerprint density at radius 2 is 1.39 bits per heavy atom. The lowest BCUT2D eigenvalue weighted by molar-refractivity contribution is 1.33. The minimum absolute atomic E-state index is 1.01. The molecule has 0 N–H and O–H groups in total. The van der Waals surface area contributed by atoms with Crippen LogP contribution in [0.15, 0.2) is 85.1 Å². The predicted octanol–water partition coefficient (Wildman–Crippen LogP) is 5.88. The Balaban J connectivity index is 1.80. The molecule has 4 aromatic rings. The average molecular weight is 295 g/mol. The van der Waals surface area contributed by atoms with E-state index in [1.54, 1.807) is 0 Å². The Bertz CT molecular complexity index is 971. The maximum absolute atomic E-state index is 4.44. The number of aryl methyl sites for hydroxylation is 1. The summed E-state index contributed by atoms with van der Waals surface area (Å²) in [5.41, 5.74) is 5.90. The highest BCUT2D eigenvalue weighted by molar-refractivity contribution is 5.88. The van der Waals surface area contributed by atoms with Gasteiger partial charge in [0.1, 0.15) is 0 Å². The van der Waals surface area contributed by atoms with E-state index in [2.05, 4.69) is 72.6 Å². The van der Waals surface area contributed by atoms with E-state index in [1.165, 1.54) is 27.5 Å². The van der Waals surface area contributed by atoms with Crippen LogP contribution < -0.4 is 0 Å². The van der Waals surface area contributed by atoms with Crippen LogP contribution in [0.5, 0.6) is 0 Å². The number of nitrogens with zero attached hydrogens (tertiary/aromatic N) is 1. The van der Waals surface area contributed by atoms with Crippen LogP contribution in [0.2, 0.25) is 0 Å². The molecule has 0 atom stereocenters. The van der Waals surface area contributed by atoms with Gasteiger partial charge < -0.3 is 0 Å². The predicted molar refractivity (Wildman–Crippen MR) is 97.4 cm³/mol. The van der Waals surface area contributed by atoms with Crippen LogP contribution in [0.3, 0.4) is 0 Å². The molecule has 110 valence electrons. The average Bonchev–Trinajstić information content (AvgIpc) is 2.62. The van der Waals surface area contributed by atoms with Crippen LogP contribution in [0.25, 0.3) is 33.2 Å². The monoisotopic (exact) mass is 295 g/mol. The van der Waals surface area contributed by atoms with Crippen LogP contribution in [-0.4, -0.2) is 4.98 Å². The summed E-state index contributed by atoms with van der Waals surface area (Å²) in [6, 6.07) is 27.8. The fraction of sp³-hybridized carbons (Fsp3) is 0.0455. The molecule has 0 radical (unpaired) electrons. The van der Waals surface area contributed by atoms with Crippen LogP contribution in [0.4, 0.5) is 0 Å². The van der Waals surface area contributed by atoms with E-state index < -0.39 is 0 Å². The smallest absolute Gasteiger partial charge is 0.0702 e. The number of pyridine rings is 1. The first-order chi connectivity index (χ1) is 11.3. The Hall–Kier alpha value is -2.93. The molecule has 0 aliphatic heterocycles. The van der Waals surface area contributed by atoms with Crippen molar-refractivity contribution in [2.75, 3.05) is 0 Å². The van der Waals surface area contributed by atoms with Gasteiger partial charge in [0.2, 0.25) is 0 Å². The van der Waals surface area contributed by atoms with Crippen molar-refractivity contribution in [2.24, 2.45) is 0 Å². The third kappa shape index (κ3) is 2.74. The second-order valence-electron chi connectivity index (χ2n) is 5.86. The fourth-order valence-corrected chi connectivity index (χ4v) is 2.94. The molecule has 0 aliphatic carbocycles. The van der Waals surface area contributed by atoms with Gasteiger partial charge in [0, 0.05) is 11.8 Å². The molecule has 0 saturated heterocycles. The van der Waals surface area contributed by atoms with E-state index in [-0.39, 0.29) is 0 Å². The molecule has 0 amide bonds. The molecule has 1 heterocycles. The largest absolute Gasteiger partial charge is 0.256 e. The summed E-state index contributed by atoms with van der Waals surface area (Å²) in [5, 5.41) is 2.56. The van der Waals surface area contributed by atoms with Crippen LogP contribution in [0.1, 0.15) is 5.56 Å². The molecule has 1 aromatic heterocycles. The Kier molecular flexibility index (Phi) is 3.39. The molecule has 0 aliphatic rings. The minimum Gasteiger partial charge on any atom is -0.256 e. The summed E-state index contributed by atoms with van der Waals surface area (Å²) in [7, 11) is 0. The highest BCUT2D eigenvalue weighted by atomic mass is 14.7. The minimum atomic E-state index is 1.01. The van der Waals surface area contributed by atoms with Crippen molar-refractivity contribution < 1.29 is 0 Å². The lowest BCUT2D eigenvalue weighted by Gasteiger charge is -2.07. The van der Waals surface area contributed by atoms with Crippen LogP contribution in [-0.2, 0) is 0 Å². The summed E-state index contributed by atoms with van der Waals surface area (Å²) in [5.74, 6) is 0. The number of hydrogen-bond donors (Lipinski definition) is 0. The van der Waals surface area contributed by atoms with Crippen molar-refractivity contribution in [1.82, 2.24) is 4.98 Å². The van der Waals surface area contributed by atoms with Gasteiger partial charge in [-0.05, 0) is 53.1 Å². The number of rotatable bonds is 2. The zero-order chi connectivity index (χ0) is 15.6. The maximum atomic E-state index is 4.44. The molecule has 4 rings (SSSR count). The van der Waals surface area contributed by atoms with E-state index in [0.717, 1.165) is 11.3 Å². The first-order valence-electron chi connectivity index (χ1n) is 7.82. The molecule has 1 heteroatoms. The first-order valence-corrected chi connectivity index (χ1v) is 7.82. The number of fused-ring (bicyclic) bond motifs is 1. The summed E-state index contributed by atoms with van der Waals surface area (Å²) >= 11 is 0. The van der Waals surface area contributed by atoms with Gasteiger partial charge in [-0.15, -0.1) is 0 Å². The van der Waals surface area contributed by atoms with Gasteiger partial charge in [0.15, 0.2) is 0 Å². The van der Waals surface area contributed by atoms with Crippen LogP contribution in [0, 0.1) is 6.92 Å². The highest BCUT2D eigenvalue weighted by Gasteiger charge is 2.03. The highest BCUT2D eigenvalue weighted by Crippen LogP contribution is 2.28. The van der Waals surface area contributed by atoms with E-state index in [9.17, 15) is 0 Å². The second kappa shape index (κ2) is 5.69. The van der Waals surface area contributed by atoms with Crippen LogP contribution >= 0.6 is 0 Å². The summed E-state index contributed by atoms with van der Waals surface area (Å²) in [6.07, 6.45) is 1.83. The summed E-state index contributed by atoms with van der Waals surface area (Å²) in [6.45, 7) is 2.13. The third-order valence-electron chi connectivity index (χ3n) is 4.15. The van der Waals surface area contributed by atoms with Crippen molar-refractivity contribution in [3.05, 3.63) is 90.6 Å². The first kappa shape index (κ1) is 13.7. The van der Waals surface area contributed by atoms with E-state index in [4.69, 9.17) is 0 Å². The molecule has 0 spiro atoms. The van der Waals surface area contributed by atoms with E-state index >= 15 is 0 Å². The molecule has 0 fully saturated rings. The van der Waals surface area contributed by atoms with Gasteiger partial charge in [-0.25, -0.2) is 0 Å². The van der Waals surface area contributed by atoms with Crippen molar-refractivity contribution in [3.63, 3.8) is 0 Å². The molecule has 3 aromatic carbocycles. The Morgan fingerprint density at radius 3 is 2.26 bits per heavy atom. The molecule has 0 saturated carbocycles. The Morgan fingerprint density at radius 1 is 0.609 bits per heavy atom. The standard InChI is InChI=1S/C22H17N/c1-16-8-9-19-14-20(11-10-18(19)13-16)17-5-4-6-21(15-17)22-7-2-3-12-23-22/h2-15H,1H3. The van der Waals surface area contributed by atoms with Gasteiger partial charge in [-0.2, -0.15) is 0 Å². The van der Waals surface area contributed by atoms with E-state index in [1.807, 2.05) is 24.4 Å². The van der Waals surface area contributed by atoms with Gasteiger partial charge in [-0.3, -0.25) is 4.98 Å². The zero-order valence-corrected chi connectivity index (χ0v) is 13.0. The molecule has 23 heavy (non-hydrogen) atoms. The lowest BCUT2D eigenvalue weighted by atomic mass is 9.98. The van der Waals surface area contributed by atoms with Gasteiger partial charge in [0.05, 0.1) is 5.69 Å². The van der Waals surface area contributed by atoms with Gasteiger partial charge in [-0.1, -0.05) is 60.2 Å². The topological polar surface area (TPSA) is 12.9 Å². The van der Waals surface area contributed by atoms with Crippen molar-refractivity contribution in [2.45, 2.75) is 6.92 Å². The van der Waals surface area contributed by atoms with Gasteiger partial charge in [0.25, 0.3) is 0 Å². The Labute approximate surface area is 136 Å². The molecular weight excluding hydrogens is 278 g/mol. The molecular formula is C22H17N.